The highest BCUT2D eigenvalue weighted by Crippen LogP contribution is 2.41. The summed E-state index contributed by atoms with van der Waals surface area (Å²) in [4.78, 5) is 20.2. The summed E-state index contributed by atoms with van der Waals surface area (Å²) < 4.78 is 5.45. The number of carbonyl (C=O) groups is 1. The predicted molar refractivity (Wildman–Crippen MR) is 117 cm³/mol. The second-order valence-corrected chi connectivity index (χ2v) is 6.78. The van der Waals surface area contributed by atoms with Crippen LogP contribution in [-0.4, -0.2) is 29.5 Å². The minimum absolute atomic E-state index is 0.103. The molecule has 0 bridgehead atoms. The van der Waals surface area contributed by atoms with E-state index in [-0.39, 0.29) is 5.91 Å². The molecule has 6 nitrogen and oxygen atoms in total. The molecule has 0 saturated carbocycles. The number of aromatic amines is 1. The molecule has 1 aliphatic rings. The molecule has 1 amide bonds. The van der Waals surface area contributed by atoms with E-state index in [0.717, 1.165) is 28.9 Å². The van der Waals surface area contributed by atoms with Crippen molar-refractivity contribution in [2.24, 2.45) is 0 Å². The third-order valence-electron chi connectivity index (χ3n) is 4.69. The first kappa shape index (κ1) is 20.7. The number of nitrogens with zero attached hydrogens (tertiary/aromatic N) is 1. The maximum atomic E-state index is 12.6. The molecule has 0 saturated heterocycles. The number of aryl methyl sites for hydroxylation is 1. The zero-order valence-corrected chi connectivity index (χ0v) is 17.8. The number of methoxy groups -OCH3 is 1. The molecule has 1 aromatic carbocycles. The quantitative estimate of drug-likeness (QED) is 0.556. The van der Waals surface area contributed by atoms with Crippen molar-refractivity contribution in [3.05, 3.63) is 58.5 Å². The van der Waals surface area contributed by atoms with E-state index in [2.05, 4.69) is 20.6 Å². The average Bonchev–Trinajstić information content (AvgIpc) is 3.09. The fourth-order valence-corrected chi connectivity index (χ4v) is 3.66. The van der Waals surface area contributed by atoms with Gasteiger partial charge in [0.15, 0.2) is 5.75 Å². The molecule has 0 aliphatic carbocycles. The number of amides is 1. The van der Waals surface area contributed by atoms with Crippen LogP contribution in [0.5, 0.6) is 5.75 Å². The number of halogens is 1. The molecule has 0 radical (unpaired) electrons. The number of fused-ring (bicyclic) bond motifs is 1. The normalized spacial score (nSPS) is 12.4. The summed E-state index contributed by atoms with van der Waals surface area (Å²) in [5, 5.41) is 6.79. The third-order valence-corrected chi connectivity index (χ3v) is 4.98. The highest BCUT2D eigenvalue weighted by atomic mass is 35.5. The van der Waals surface area contributed by atoms with E-state index in [0.29, 0.717) is 34.3 Å². The topological polar surface area (TPSA) is 79.0 Å². The van der Waals surface area contributed by atoms with Crippen molar-refractivity contribution in [2.45, 2.75) is 27.2 Å². The molecule has 4 rings (SSSR count). The fourth-order valence-electron chi connectivity index (χ4n) is 3.41. The van der Waals surface area contributed by atoms with Crippen LogP contribution in [-0.2, 0) is 6.42 Å². The van der Waals surface area contributed by atoms with E-state index in [1.54, 1.807) is 25.6 Å². The largest absolute Gasteiger partial charge is 0.493 e. The third kappa shape index (κ3) is 3.93. The van der Waals surface area contributed by atoms with Crippen molar-refractivity contribution in [2.75, 3.05) is 19.0 Å². The molecule has 0 spiro atoms. The number of H-pyrrole nitrogens is 1. The highest BCUT2D eigenvalue weighted by Gasteiger charge is 2.28. The maximum absolute atomic E-state index is 12.6. The Morgan fingerprint density at radius 3 is 2.76 bits per heavy atom. The van der Waals surface area contributed by atoms with Crippen molar-refractivity contribution >= 4 is 28.9 Å². The molecule has 0 fully saturated rings. The van der Waals surface area contributed by atoms with Crippen LogP contribution >= 0.6 is 11.6 Å². The predicted octanol–water partition coefficient (Wildman–Crippen LogP) is 5.10. The molecule has 3 heterocycles. The monoisotopic (exact) mass is 412 g/mol. The van der Waals surface area contributed by atoms with Gasteiger partial charge >= 0.3 is 0 Å². The van der Waals surface area contributed by atoms with Crippen molar-refractivity contribution in [1.82, 2.24) is 15.3 Å². The first-order valence-corrected chi connectivity index (χ1v) is 10.0. The molecule has 0 atom stereocenters. The molecule has 2 aromatic heterocycles. The number of hydrogen-bond acceptors (Lipinski definition) is 4. The minimum Gasteiger partial charge on any atom is -0.493 e. The molecular weight excluding hydrogens is 388 g/mol. The van der Waals surface area contributed by atoms with Crippen LogP contribution in [0.4, 0.5) is 11.4 Å². The molecule has 3 N–H and O–H groups in total. The summed E-state index contributed by atoms with van der Waals surface area (Å²) in [6.07, 6.45) is 4.29. The molecule has 29 heavy (non-hydrogen) atoms. The second kappa shape index (κ2) is 9.01. The number of carbonyl (C=O) groups excluding carboxylic acids is 1. The van der Waals surface area contributed by atoms with Gasteiger partial charge in [-0.05, 0) is 30.7 Å². The second-order valence-electron chi connectivity index (χ2n) is 6.37. The number of para-hydroxylation sites is 1. The van der Waals surface area contributed by atoms with Crippen LogP contribution in [0.3, 0.4) is 0 Å². The zero-order chi connectivity index (χ0) is 21.0. The summed E-state index contributed by atoms with van der Waals surface area (Å²) in [6.45, 7) is 6.60. The summed E-state index contributed by atoms with van der Waals surface area (Å²) >= 11 is 6.26. The van der Waals surface area contributed by atoms with Gasteiger partial charge in [0, 0.05) is 36.6 Å². The van der Waals surface area contributed by atoms with Crippen LogP contribution in [0.15, 0.2) is 36.7 Å². The van der Waals surface area contributed by atoms with E-state index < -0.39 is 0 Å². The summed E-state index contributed by atoms with van der Waals surface area (Å²) in [5.41, 5.74) is 5.77. The Kier molecular flexibility index (Phi) is 6.44. The molecule has 0 unspecified atom stereocenters. The number of benzene rings is 1. The zero-order valence-electron chi connectivity index (χ0n) is 17.0. The Morgan fingerprint density at radius 2 is 2.03 bits per heavy atom. The van der Waals surface area contributed by atoms with E-state index in [9.17, 15) is 4.79 Å². The first-order chi connectivity index (χ1) is 14.1. The smallest absolute Gasteiger partial charge is 0.255 e. The van der Waals surface area contributed by atoms with Crippen molar-refractivity contribution in [1.29, 1.82) is 0 Å². The number of rotatable bonds is 4. The molecule has 7 heteroatoms. The number of nitrogens with one attached hydrogen (secondary N) is 3. The van der Waals surface area contributed by atoms with E-state index in [4.69, 9.17) is 16.3 Å². The maximum Gasteiger partial charge on any atom is 0.255 e. The summed E-state index contributed by atoms with van der Waals surface area (Å²) in [5.74, 6) is 0.427. The SMILES string of the molecule is CC.COc1c(Cl)cccc1Nc1c(-c2ccncc2C)[nH]c2c1C(=O)NCC2. The van der Waals surface area contributed by atoms with Gasteiger partial charge in [-0.2, -0.15) is 0 Å². The lowest BCUT2D eigenvalue weighted by Gasteiger charge is -2.17. The van der Waals surface area contributed by atoms with Crippen LogP contribution < -0.4 is 15.4 Å². The molecule has 1 aliphatic heterocycles. The summed E-state index contributed by atoms with van der Waals surface area (Å²) in [6, 6.07) is 7.40. The number of hydrogen-bond donors (Lipinski definition) is 3. The van der Waals surface area contributed by atoms with Gasteiger partial charge in [-0.15, -0.1) is 0 Å². The lowest BCUT2D eigenvalue weighted by Crippen LogP contribution is -2.31. The van der Waals surface area contributed by atoms with E-state index in [1.807, 2.05) is 39.0 Å². The van der Waals surface area contributed by atoms with Gasteiger partial charge < -0.3 is 20.4 Å². The van der Waals surface area contributed by atoms with Gasteiger partial charge in [-0.1, -0.05) is 31.5 Å². The average molecular weight is 413 g/mol. The Bertz CT molecular complexity index is 1030. The number of pyridine rings is 1. The summed E-state index contributed by atoms with van der Waals surface area (Å²) in [7, 11) is 1.57. The number of ether oxygens (including phenoxy) is 1. The van der Waals surface area contributed by atoms with E-state index in [1.165, 1.54) is 0 Å². The number of anilines is 2. The van der Waals surface area contributed by atoms with Gasteiger partial charge in [0.1, 0.15) is 0 Å². The minimum atomic E-state index is -0.103. The molecule has 152 valence electrons. The standard InChI is InChI=1S/C20H19ClN4O2.C2H6/c1-11-10-22-8-6-12(11)17-18(16-14(24-17)7-9-23-20(16)26)25-15-5-3-4-13(21)19(15)27-2;1-2/h3-6,8,10,24-25H,7,9H2,1-2H3,(H,23,26);1-2H3. The van der Waals surface area contributed by atoms with Crippen LogP contribution in [0.1, 0.15) is 35.5 Å². The van der Waals surface area contributed by atoms with Gasteiger partial charge in [-0.3, -0.25) is 9.78 Å². The van der Waals surface area contributed by atoms with Crippen LogP contribution in [0.2, 0.25) is 5.02 Å². The first-order valence-electron chi connectivity index (χ1n) is 9.63. The number of aromatic nitrogens is 2. The Hall–Kier alpha value is -2.99. The van der Waals surface area contributed by atoms with Crippen molar-refractivity contribution in [3.8, 4) is 17.0 Å². The molecule has 3 aromatic rings. The van der Waals surface area contributed by atoms with Crippen LogP contribution in [0, 0.1) is 6.92 Å². The van der Waals surface area contributed by atoms with Gasteiger partial charge in [0.2, 0.25) is 0 Å². The fraction of sp³-hybridized carbons (Fsp3) is 0.273. The van der Waals surface area contributed by atoms with Gasteiger partial charge in [-0.25, -0.2) is 0 Å². The Balaban J connectivity index is 0.00000117. The lowest BCUT2D eigenvalue weighted by molar-refractivity contribution is 0.0947. The van der Waals surface area contributed by atoms with Crippen LogP contribution in [0.25, 0.3) is 11.3 Å². The van der Waals surface area contributed by atoms with Gasteiger partial charge in [0.25, 0.3) is 5.91 Å². The van der Waals surface area contributed by atoms with E-state index >= 15 is 0 Å². The Labute approximate surface area is 175 Å². The Morgan fingerprint density at radius 1 is 1.24 bits per heavy atom. The van der Waals surface area contributed by atoms with Gasteiger partial charge in [0.05, 0.1) is 34.8 Å². The van der Waals surface area contributed by atoms with Crippen molar-refractivity contribution < 1.29 is 9.53 Å². The molecular formula is C22H25ClN4O2. The van der Waals surface area contributed by atoms with Crippen molar-refractivity contribution in [3.63, 3.8) is 0 Å². The lowest BCUT2D eigenvalue weighted by atomic mass is 10.0. The highest BCUT2D eigenvalue weighted by molar-refractivity contribution is 6.32.